The maximum absolute atomic E-state index is 11.3. The van der Waals surface area contributed by atoms with Crippen LogP contribution in [0, 0.1) is 0 Å². The van der Waals surface area contributed by atoms with E-state index in [1.165, 1.54) is 0 Å². The van der Waals surface area contributed by atoms with Crippen molar-refractivity contribution in [1.29, 1.82) is 0 Å². The van der Waals surface area contributed by atoms with E-state index in [0.717, 1.165) is 0 Å². The highest BCUT2D eigenvalue weighted by atomic mass is 16.5. The first-order valence-electron chi connectivity index (χ1n) is 6.65. The highest BCUT2D eigenvalue weighted by Gasteiger charge is 2.14. The largest absolute Gasteiger partial charge is 0.489 e. The number of aliphatic hydroxyl groups excluding tert-OH is 1. The zero-order chi connectivity index (χ0) is 15.0. The van der Waals surface area contributed by atoms with Gasteiger partial charge in [0.1, 0.15) is 18.5 Å². The number of aliphatic hydroxyl groups is 1. The van der Waals surface area contributed by atoms with Crippen LogP contribution in [-0.2, 0) is 4.79 Å². The first-order chi connectivity index (χ1) is 9.56. The standard InChI is InChI=1S/C14H23N3O3/c1-3-17(9-14(19)16-2)8-11(18)10-20-13-7-5-4-6-12(13)15/h4-7,11,18H,3,8-10,15H2,1-2H3,(H,16,19). The number of benzene rings is 1. The Hall–Kier alpha value is -1.79. The van der Waals surface area contributed by atoms with Crippen molar-refractivity contribution < 1.29 is 14.6 Å². The van der Waals surface area contributed by atoms with E-state index in [1.807, 2.05) is 24.0 Å². The summed E-state index contributed by atoms with van der Waals surface area (Å²) in [6, 6.07) is 7.14. The summed E-state index contributed by atoms with van der Waals surface area (Å²) in [6.45, 7) is 3.39. The zero-order valence-corrected chi connectivity index (χ0v) is 12.0. The normalized spacial score (nSPS) is 12.2. The van der Waals surface area contributed by atoms with Gasteiger partial charge in [-0.15, -0.1) is 0 Å². The Balaban J connectivity index is 2.40. The lowest BCUT2D eigenvalue weighted by atomic mass is 10.3. The van der Waals surface area contributed by atoms with Gasteiger partial charge in [0.05, 0.1) is 12.2 Å². The topological polar surface area (TPSA) is 87.8 Å². The van der Waals surface area contributed by atoms with Crippen LogP contribution in [0.25, 0.3) is 0 Å². The van der Waals surface area contributed by atoms with Gasteiger partial charge < -0.3 is 20.9 Å². The molecule has 112 valence electrons. The number of hydrogen-bond acceptors (Lipinski definition) is 5. The maximum Gasteiger partial charge on any atom is 0.233 e. The number of nitrogens with one attached hydrogen (secondary N) is 1. The van der Waals surface area contributed by atoms with Crippen molar-refractivity contribution in [2.24, 2.45) is 0 Å². The summed E-state index contributed by atoms with van der Waals surface area (Å²) in [5.74, 6) is 0.480. The predicted octanol–water partition coefficient (Wildman–Crippen LogP) is 0.0764. The van der Waals surface area contributed by atoms with Crippen molar-refractivity contribution in [3.63, 3.8) is 0 Å². The van der Waals surface area contributed by atoms with E-state index in [9.17, 15) is 9.90 Å². The smallest absolute Gasteiger partial charge is 0.233 e. The number of amides is 1. The van der Waals surface area contributed by atoms with E-state index in [-0.39, 0.29) is 19.1 Å². The van der Waals surface area contributed by atoms with E-state index in [4.69, 9.17) is 10.5 Å². The molecule has 0 heterocycles. The number of likely N-dealkylation sites (N-methyl/N-ethyl adjacent to an activating group) is 2. The lowest BCUT2D eigenvalue weighted by molar-refractivity contribution is -0.122. The average Bonchev–Trinajstić information content (AvgIpc) is 2.45. The summed E-state index contributed by atoms with van der Waals surface area (Å²) in [5.41, 5.74) is 6.29. The number of hydrogen-bond donors (Lipinski definition) is 3. The molecular formula is C14H23N3O3. The number of carbonyl (C=O) groups excluding carboxylic acids is 1. The molecule has 1 atom stereocenters. The summed E-state index contributed by atoms with van der Waals surface area (Å²) in [5, 5.41) is 12.5. The fourth-order valence-corrected chi connectivity index (χ4v) is 1.74. The van der Waals surface area contributed by atoms with Gasteiger partial charge in [0.2, 0.25) is 5.91 Å². The van der Waals surface area contributed by atoms with Gasteiger partial charge in [-0.1, -0.05) is 19.1 Å². The van der Waals surface area contributed by atoms with Crippen LogP contribution in [0.3, 0.4) is 0 Å². The molecule has 0 saturated carbocycles. The molecular weight excluding hydrogens is 258 g/mol. The number of nitrogens with zero attached hydrogens (tertiary/aromatic N) is 1. The molecule has 1 amide bonds. The molecule has 6 nitrogen and oxygen atoms in total. The molecule has 4 N–H and O–H groups in total. The number of para-hydroxylation sites is 2. The van der Waals surface area contributed by atoms with Crippen molar-refractivity contribution in [2.45, 2.75) is 13.0 Å². The first kappa shape index (κ1) is 16.3. The van der Waals surface area contributed by atoms with Crippen molar-refractivity contribution >= 4 is 11.6 Å². The van der Waals surface area contributed by atoms with E-state index in [0.29, 0.717) is 24.5 Å². The van der Waals surface area contributed by atoms with Gasteiger partial charge in [-0.25, -0.2) is 0 Å². The van der Waals surface area contributed by atoms with Gasteiger partial charge >= 0.3 is 0 Å². The van der Waals surface area contributed by atoms with Crippen molar-refractivity contribution in [1.82, 2.24) is 10.2 Å². The number of carbonyl (C=O) groups is 1. The van der Waals surface area contributed by atoms with Crippen LogP contribution in [0.5, 0.6) is 5.75 Å². The second-order valence-corrected chi connectivity index (χ2v) is 4.50. The van der Waals surface area contributed by atoms with Crippen LogP contribution in [0.1, 0.15) is 6.92 Å². The molecule has 1 rings (SSSR count). The minimum Gasteiger partial charge on any atom is -0.489 e. The summed E-state index contributed by atoms with van der Waals surface area (Å²) in [6.07, 6.45) is -0.681. The van der Waals surface area contributed by atoms with Gasteiger partial charge in [-0.05, 0) is 18.7 Å². The molecule has 1 aromatic rings. The van der Waals surface area contributed by atoms with Gasteiger partial charge in [0.15, 0.2) is 0 Å². The number of ether oxygens (including phenoxy) is 1. The third kappa shape index (κ3) is 5.46. The number of nitrogen functional groups attached to an aromatic ring is 1. The Morgan fingerprint density at radius 2 is 2.20 bits per heavy atom. The monoisotopic (exact) mass is 281 g/mol. The number of rotatable bonds is 8. The summed E-state index contributed by atoms with van der Waals surface area (Å²) in [7, 11) is 1.59. The molecule has 20 heavy (non-hydrogen) atoms. The summed E-state index contributed by atoms with van der Waals surface area (Å²) in [4.78, 5) is 13.2. The van der Waals surface area contributed by atoms with Crippen LogP contribution in [0.4, 0.5) is 5.69 Å². The summed E-state index contributed by atoms with van der Waals surface area (Å²) >= 11 is 0. The molecule has 0 bridgehead atoms. The Morgan fingerprint density at radius 3 is 2.80 bits per heavy atom. The Morgan fingerprint density at radius 1 is 1.50 bits per heavy atom. The Labute approximate surface area is 119 Å². The minimum atomic E-state index is -0.681. The third-order valence-electron chi connectivity index (χ3n) is 2.91. The second kappa shape index (κ2) is 8.39. The van der Waals surface area contributed by atoms with Crippen LogP contribution >= 0.6 is 0 Å². The first-order valence-corrected chi connectivity index (χ1v) is 6.65. The Bertz CT molecular complexity index is 426. The van der Waals surface area contributed by atoms with E-state index < -0.39 is 6.10 Å². The molecule has 0 saturated heterocycles. The molecule has 0 aliphatic rings. The van der Waals surface area contributed by atoms with E-state index in [1.54, 1.807) is 19.2 Å². The molecule has 0 aromatic heterocycles. The maximum atomic E-state index is 11.3. The minimum absolute atomic E-state index is 0.0766. The molecule has 1 unspecified atom stereocenters. The van der Waals surface area contributed by atoms with Crippen LogP contribution in [0.2, 0.25) is 0 Å². The van der Waals surface area contributed by atoms with Crippen molar-refractivity contribution in [3.05, 3.63) is 24.3 Å². The van der Waals surface area contributed by atoms with E-state index in [2.05, 4.69) is 5.32 Å². The van der Waals surface area contributed by atoms with Crippen molar-refractivity contribution in [2.75, 3.05) is 39.0 Å². The molecule has 0 aliphatic carbocycles. The molecule has 0 fully saturated rings. The molecule has 0 radical (unpaired) electrons. The van der Waals surface area contributed by atoms with Crippen LogP contribution in [0.15, 0.2) is 24.3 Å². The van der Waals surface area contributed by atoms with Crippen LogP contribution < -0.4 is 15.8 Å². The molecule has 6 heteroatoms. The van der Waals surface area contributed by atoms with Crippen molar-refractivity contribution in [3.8, 4) is 5.75 Å². The molecule has 0 spiro atoms. The third-order valence-corrected chi connectivity index (χ3v) is 2.91. The zero-order valence-electron chi connectivity index (χ0n) is 12.0. The van der Waals surface area contributed by atoms with Gasteiger partial charge in [0.25, 0.3) is 0 Å². The number of anilines is 1. The highest BCUT2D eigenvalue weighted by Crippen LogP contribution is 2.19. The lowest BCUT2D eigenvalue weighted by Crippen LogP contribution is -2.41. The van der Waals surface area contributed by atoms with Gasteiger partial charge in [0, 0.05) is 13.6 Å². The fourth-order valence-electron chi connectivity index (χ4n) is 1.74. The van der Waals surface area contributed by atoms with Crippen LogP contribution in [-0.4, -0.2) is 55.3 Å². The highest BCUT2D eigenvalue weighted by molar-refractivity contribution is 5.77. The molecule has 0 aliphatic heterocycles. The molecule has 1 aromatic carbocycles. The quantitative estimate of drug-likeness (QED) is 0.587. The summed E-state index contributed by atoms with van der Waals surface area (Å²) < 4.78 is 5.47. The Kier molecular flexibility index (Phi) is 6.83. The number of nitrogens with two attached hydrogens (primary N) is 1. The SMILES string of the molecule is CCN(CC(=O)NC)CC(O)COc1ccccc1N. The lowest BCUT2D eigenvalue weighted by Gasteiger charge is -2.23. The van der Waals surface area contributed by atoms with E-state index >= 15 is 0 Å². The van der Waals surface area contributed by atoms with Gasteiger partial charge in [-0.2, -0.15) is 0 Å². The predicted molar refractivity (Wildman–Crippen MR) is 78.5 cm³/mol. The van der Waals surface area contributed by atoms with Gasteiger partial charge in [-0.3, -0.25) is 9.69 Å². The second-order valence-electron chi connectivity index (χ2n) is 4.50. The fraction of sp³-hybridized carbons (Fsp3) is 0.500. The average molecular weight is 281 g/mol.